The molecule has 0 fully saturated rings. The quantitative estimate of drug-likeness (QED) is 0.821. The lowest BCUT2D eigenvalue weighted by Crippen LogP contribution is -2.22. The molecule has 1 rings (SSSR count). The summed E-state index contributed by atoms with van der Waals surface area (Å²) in [6.45, 7) is 1.77. The highest BCUT2D eigenvalue weighted by molar-refractivity contribution is 9.10. The second-order valence-electron chi connectivity index (χ2n) is 2.67. The van der Waals surface area contributed by atoms with Crippen LogP contribution in [0.2, 0.25) is 0 Å². The van der Waals surface area contributed by atoms with Crippen LogP contribution in [0.4, 0.5) is 0 Å². The summed E-state index contributed by atoms with van der Waals surface area (Å²) in [4.78, 5) is 14.5. The van der Waals surface area contributed by atoms with E-state index >= 15 is 0 Å². The van der Waals surface area contributed by atoms with Crippen molar-refractivity contribution < 1.29 is 9.90 Å². The number of aryl methyl sites for hydroxylation is 1. The van der Waals surface area contributed by atoms with Gasteiger partial charge in [0.1, 0.15) is 6.04 Å². The van der Waals surface area contributed by atoms with Crippen LogP contribution in [-0.2, 0) is 4.79 Å². The largest absolute Gasteiger partial charge is 0.480 e. The van der Waals surface area contributed by atoms with Crippen molar-refractivity contribution in [1.82, 2.24) is 4.98 Å². The standard InChI is InChI=1S/C8H9BrN2O2/c1-4-2-5(9)3-11-7(4)6(10)8(12)13/h2-3,6H,10H2,1H3,(H,12,13)/t6-/m1/s1. The predicted octanol–water partition coefficient (Wildman–Crippen LogP) is 1.24. The van der Waals surface area contributed by atoms with E-state index in [0.29, 0.717) is 5.69 Å². The van der Waals surface area contributed by atoms with Crippen molar-refractivity contribution in [3.63, 3.8) is 0 Å². The maximum absolute atomic E-state index is 10.6. The van der Waals surface area contributed by atoms with E-state index in [2.05, 4.69) is 20.9 Å². The first-order chi connectivity index (χ1) is 6.02. The number of hydrogen-bond donors (Lipinski definition) is 2. The Bertz CT molecular complexity index is 341. The Balaban J connectivity index is 3.08. The number of carbonyl (C=O) groups is 1. The minimum Gasteiger partial charge on any atom is -0.480 e. The van der Waals surface area contributed by atoms with Crippen LogP contribution in [0.3, 0.4) is 0 Å². The Labute approximate surface area is 83.9 Å². The van der Waals surface area contributed by atoms with Crippen LogP contribution < -0.4 is 5.73 Å². The van der Waals surface area contributed by atoms with E-state index in [0.717, 1.165) is 10.0 Å². The van der Waals surface area contributed by atoms with E-state index in [1.807, 2.05) is 0 Å². The van der Waals surface area contributed by atoms with Gasteiger partial charge in [0.25, 0.3) is 0 Å². The SMILES string of the molecule is Cc1cc(Br)cnc1[C@@H](N)C(=O)O. The number of nitrogens with zero attached hydrogens (tertiary/aromatic N) is 1. The second-order valence-corrected chi connectivity index (χ2v) is 3.59. The highest BCUT2D eigenvalue weighted by Gasteiger charge is 2.17. The molecule has 0 spiro atoms. The summed E-state index contributed by atoms with van der Waals surface area (Å²) in [6, 6.07) is 0.735. The van der Waals surface area contributed by atoms with Gasteiger partial charge in [0, 0.05) is 10.7 Å². The highest BCUT2D eigenvalue weighted by Crippen LogP contribution is 2.17. The van der Waals surface area contributed by atoms with E-state index in [1.165, 1.54) is 6.20 Å². The summed E-state index contributed by atoms with van der Waals surface area (Å²) in [5, 5.41) is 8.65. The summed E-state index contributed by atoms with van der Waals surface area (Å²) < 4.78 is 0.811. The van der Waals surface area contributed by atoms with Crippen molar-refractivity contribution in [3.05, 3.63) is 28.0 Å². The lowest BCUT2D eigenvalue weighted by molar-refractivity contribution is -0.138. The van der Waals surface area contributed by atoms with Crippen molar-refractivity contribution >= 4 is 21.9 Å². The molecule has 1 aromatic rings. The summed E-state index contributed by atoms with van der Waals surface area (Å²) in [5.74, 6) is -1.07. The average Bonchev–Trinajstić information content (AvgIpc) is 2.03. The average molecular weight is 245 g/mol. The van der Waals surface area contributed by atoms with Gasteiger partial charge in [0.2, 0.25) is 0 Å². The molecule has 5 heteroatoms. The lowest BCUT2D eigenvalue weighted by atomic mass is 10.1. The number of carboxylic acids is 1. The molecule has 0 aliphatic rings. The molecule has 13 heavy (non-hydrogen) atoms. The van der Waals surface area contributed by atoms with Gasteiger partial charge in [0.15, 0.2) is 0 Å². The van der Waals surface area contributed by atoms with Gasteiger partial charge in [-0.15, -0.1) is 0 Å². The molecule has 3 N–H and O–H groups in total. The Morgan fingerprint density at radius 2 is 2.38 bits per heavy atom. The Hall–Kier alpha value is -0.940. The van der Waals surface area contributed by atoms with E-state index < -0.39 is 12.0 Å². The van der Waals surface area contributed by atoms with Gasteiger partial charge >= 0.3 is 5.97 Å². The third-order valence-electron chi connectivity index (χ3n) is 1.65. The predicted molar refractivity (Wildman–Crippen MR) is 51.2 cm³/mol. The van der Waals surface area contributed by atoms with Gasteiger partial charge in [0.05, 0.1) is 5.69 Å². The van der Waals surface area contributed by atoms with Crippen molar-refractivity contribution in [2.24, 2.45) is 5.73 Å². The van der Waals surface area contributed by atoms with Crippen LogP contribution in [-0.4, -0.2) is 16.1 Å². The third-order valence-corrected chi connectivity index (χ3v) is 2.08. The maximum atomic E-state index is 10.6. The van der Waals surface area contributed by atoms with Crippen LogP contribution >= 0.6 is 15.9 Å². The molecule has 70 valence electrons. The number of carboxylic acid groups (broad SMARTS) is 1. The summed E-state index contributed by atoms with van der Waals surface area (Å²) in [6.07, 6.45) is 1.53. The fraction of sp³-hybridized carbons (Fsp3) is 0.250. The molecule has 1 heterocycles. The van der Waals surface area contributed by atoms with E-state index in [1.54, 1.807) is 13.0 Å². The monoisotopic (exact) mass is 244 g/mol. The summed E-state index contributed by atoms with van der Waals surface area (Å²) >= 11 is 3.23. The molecule has 4 nitrogen and oxygen atoms in total. The van der Waals surface area contributed by atoms with Crippen LogP contribution in [0.5, 0.6) is 0 Å². The highest BCUT2D eigenvalue weighted by atomic mass is 79.9. The smallest absolute Gasteiger partial charge is 0.326 e. The topological polar surface area (TPSA) is 76.2 Å². The molecule has 0 bridgehead atoms. The van der Waals surface area contributed by atoms with Crippen LogP contribution in [0, 0.1) is 6.92 Å². The summed E-state index contributed by atoms with van der Waals surface area (Å²) in [7, 11) is 0. The number of rotatable bonds is 2. The van der Waals surface area contributed by atoms with Gasteiger partial charge in [-0.2, -0.15) is 0 Å². The van der Waals surface area contributed by atoms with E-state index in [-0.39, 0.29) is 0 Å². The third kappa shape index (κ3) is 2.26. The van der Waals surface area contributed by atoms with Gasteiger partial charge in [-0.05, 0) is 34.5 Å². The minimum absolute atomic E-state index is 0.399. The van der Waals surface area contributed by atoms with Crippen molar-refractivity contribution in [2.75, 3.05) is 0 Å². The first kappa shape index (κ1) is 10.1. The van der Waals surface area contributed by atoms with Gasteiger partial charge < -0.3 is 10.8 Å². The normalized spacial score (nSPS) is 12.5. The fourth-order valence-corrected chi connectivity index (χ4v) is 1.44. The molecule has 0 aliphatic carbocycles. The minimum atomic E-state index is -1.07. The zero-order chi connectivity index (χ0) is 10.0. The number of hydrogen-bond acceptors (Lipinski definition) is 3. The lowest BCUT2D eigenvalue weighted by Gasteiger charge is -2.08. The van der Waals surface area contributed by atoms with Crippen molar-refractivity contribution in [2.45, 2.75) is 13.0 Å². The van der Waals surface area contributed by atoms with E-state index in [4.69, 9.17) is 10.8 Å². The molecule has 0 saturated carbocycles. The second kappa shape index (κ2) is 3.85. The van der Waals surface area contributed by atoms with Gasteiger partial charge in [-0.3, -0.25) is 9.78 Å². The van der Waals surface area contributed by atoms with Crippen molar-refractivity contribution in [3.8, 4) is 0 Å². The molecule has 0 aliphatic heterocycles. The Kier molecular flexibility index (Phi) is 3.00. The first-order valence-electron chi connectivity index (χ1n) is 3.63. The number of halogens is 1. The molecule has 1 aromatic heterocycles. The van der Waals surface area contributed by atoms with Crippen LogP contribution in [0.25, 0.3) is 0 Å². The Morgan fingerprint density at radius 1 is 1.77 bits per heavy atom. The van der Waals surface area contributed by atoms with Gasteiger partial charge in [-0.25, -0.2) is 0 Å². The molecule has 0 aromatic carbocycles. The zero-order valence-corrected chi connectivity index (χ0v) is 8.58. The van der Waals surface area contributed by atoms with Crippen molar-refractivity contribution in [1.29, 1.82) is 0 Å². The molecule has 0 saturated heterocycles. The number of aliphatic carboxylic acids is 1. The number of nitrogens with two attached hydrogens (primary N) is 1. The molecule has 1 atom stereocenters. The number of pyridine rings is 1. The molecular formula is C8H9BrN2O2. The molecule has 0 unspecified atom stereocenters. The van der Waals surface area contributed by atoms with Gasteiger partial charge in [-0.1, -0.05) is 0 Å². The van der Waals surface area contributed by atoms with Crippen LogP contribution in [0.15, 0.2) is 16.7 Å². The van der Waals surface area contributed by atoms with E-state index in [9.17, 15) is 4.79 Å². The zero-order valence-electron chi connectivity index (χ0n) is 6.99. The maximum Gasteiger partial charge on any atom is 0.326 e. The molecule has 0 radical (unpaired) electrons. The number of aromatic nitrogens is 1. The molecule has 0 amide bonds. The first-order valence-corrected chi connectivity index (χ1v) is 4.42. The summed E-state index contributed by atoms with van der Waals surface area (Å²) in [5.41, 5.74) is 6.58. The van der Waals surface area contributed by atoms with Crippen LogP contribution in [0.1, 0.15) is 17.3 Å². The fourth-order valence-electron chi connectivity index (χ4n) is 0.994. The molecular weight excluding hydrogens is 236 g/mol. The Morgan fingerprint density at radius 3 is 2.85 bits per heavy atom.